The molecule has 2 heteroatoms. The third kappa shape index (κ3) is 2.63. The molecular formula is C23H36O2. The normalized spacial score (nSPS) is 41.3. The highest BCUT2D eigenvalue weighted by atomic mass is 16.5. The molecule has 2 heterocycles. The van der Waals surface area contributed by atoms with Crippen LogP contribution in [0.5, 0.6) is 0 Å². The molecule has 0 N–H and O–H groups in total. The molecule has 2 aliphatic heterocycles. The van der Waals surface area contributed by atoms with Gasteiger partial charge in [-0.15, -0.1) is 0 Å². The van der Waals surface area contributed by atoms with Gasteiger partial charge in [-0.1, -0.05) is 30.2 Å². The van der Waals surface area contributed by atoms with Crippen molar-refractivity contribution >= 4 is 0 Å². The fourth-order valence-corrected chi connectivity index (χ4v) is 5.92. The number of hydrogen-bond donors (Lipinski definition) is 0. The number of methoxy groups -OCH3 is 1. The van der Waals surface area contributed by atoms with Gasteiger partial charge in [0.25, 0.3) is 0 Å². The highest BCUT2D eigenvalue weighted by Crippen LogP contribution is 2.72. The Labute approximate surface area is 154 Å². The summed E-state index contributed by atoms with van der Waals surface area (Å²) in [7, 11) is 1.83. The average Bonchev–Trinajstić information content (AvgIpc) is 2.95. The largest absolute Gasteiger partial charge is 0.501 e. The molecule has 1 aliphatic carbocycles. The van der Waals surface area contributed by atoms with Crippen LogP contribution in [0.1, 0.15) is 73.6 Å². The summed E-state index contributed by atoms with van der Waals surface area (Å²) >= 11 is 0. The van der Waals surface area contributed by atoms with E-state index >= 15 is 0 Å². The second-order valence-corrected chi connectivity index (χ2v) is 9.37. The van der Waals surface area contributed by atoms with E-state index in [1.54, 1.807) is 0 Å². The number of fused-ring (bicyclic) bond motifs is 1. The number of allylic oxidation sites excluding steroid dienone is 5. The van der Waals surface area contributed by atoms with Crippen LogP contribution in [0, 0.1) is 16.7 Å². The van der Waals surface area contributed by atoms with Crippen LogP contribution in [0.4, 0.5) is 0 Å². The van der Waals surface area contributed by atoms with Crippen molar-refractivity contribution in [2.24, 2.45) is 16.7 Å². The lowest BCUT2D eigenvalue weighted by atomic mass is 9.48. The van der Waals surface area contributed by atoms with Gasteiger partial charge in [0.15, 0.2) is 0 Å². The van der Waals surface area contributed by atoms with E-state index < -0.39 is 0 Å². The van der Waals surface area contributed by atoms with Crippen LogP contribution in [0.25, 0.3) is 0 Å². The predicted molar refractivity (Wildman–Crippen MR) is 104 cm³/mol. The van der Waals surface area contributed by atoms with Crippen molar-refractivity contribution in [3.8, 4) is 0 Å². The van der Waals surface area contributed by atoms with E-state index in [0.29, 0.717) is 12.0 Å². The number of rotatable bonds is 6. The topological polar surface area (TPSA) is 18.5 Å². The molecule has 5 atom stereocenters. The molecule has 2 saturated heterocycles. The summed E-state index contributed by atoms with van der Waals surface area (Å²) in [6.45, 7) is 13.6. The summed E-state index contributed by atoms with van der Waals surface area (Å²) in [5.41, 5.74) is 2.98. The van der Waals surface area contributed by atoms with Crippen molar-refractivity contribution in [3.05, 3.63) is 35.1 Å². The summed E-state index contributed by atoms with van der Waals surface area (Å²) in [4.78, 5) is 0. The molecule has 140 valence electrons. The maximum atomic E-state index is 6.80. The lowest BCUT2D eigenvalue weighted by Crippen LogP contribution is -2.57. The molecule has 3 rings (SSSR count). The minimum Gasteiger partial charge on any atom is -0.501 e. The zero-order valence-electron chi connectivity index (χ0n) is 17.2. The Balaban J connectivity index is 1.95. The van der Waals surface area contributed by atoms with Crippen molar-refractivity contribution in [3.63, 3.8) is 0 Å². The quantitative estimate of drug-likeness (QED) is 0.535. The van der Waals surface area contributed by atoms with Gasteiger partial charge in [0.2, 0.25) is 0 Å². The summed E-state index contributed by atoms with van der Waals surface area (Å²) in [6, 6.07) is 0. The van der Waals surface area contributed by atoms with Crippen LogP contribution in [-0.4, -0.2) is 18.8 Å². The van der Waals surface area contributed by atoms with Gasteiger partial charge < -0.3 is 9.47 Å². The Morgan fingerprint density at radius 2 is 1.88 bits per heavy atom. The third-order valence-corrected chi connectivity index (χ3v) is 7.39. The minimum atomic E-state index is -0.108. The zero-order valence-corrected chi connectivity index (χ0v) is 17.2. The summed E-state index contributed by atoms with van der Waals surface area (Å²) in [5.74, 6) is 1.74. The first kappa shape index (κ1) is 18.8. The SMILES string of the molecule is COC1=CC[C@@H]2[C@](C)(CCC=C(C)C)[C@H]3C[C@@]1(CC=C(C)C)[C@@]2(C)O3. The zero-order chi connectivity index (χ0) is 18.5. The molecule has 0 unspecified atom stereocenters. The molecule has 0 spiro atoms. The van der Waals surface area contributed by atoms with Gasteiger partial charge in [-0.2, -0.15) is 0 Å². The predicted octanol–water partition coefficient (Wildman–Crippen LogP) is 6.19. The monoisotopic (exact) mass is 344 g/mol. The van der Waals surface area contributed by atoms with Crippen molar-refractivity contribution in [2.75, 3.05) is 7.11 Å². The molecule has 2 nitrogen and oxygen atoms in total. The van der Waals surface area contributed by atoms with Gasteiger partial charge >= 0.3 is 0 Å². The van der Waals surface area contributed by atoms with E-state index in [-0.39, 0.29) is 16.4 Å². The fourth-order valence-electron chi connectivity index (χ4n) is 5.92. The summed E-state index contributed by atoms with van der Waals surface area (Å²) in [5, 5.41) is 0. The van der Waals surface area contributed by atoms with Gasteiger partial charge in [-0.3, -0.25) is 0 Å². The van der Waals surface area contributed by atoms with Gasteiger partial charge in [-0.05, 0) is 78.2 Å². The first-order valence-corrected chi connectivity index (χ1v) is 9.89. The molecule has 0 amide bonds. The van der Waals surface area contributed by atoms with E-state index in [1.165, 1.54) is 17.6 Å². The van der Waals surface area contributed by atoms with E-state index in [4.69, 9.17) is 9.47 Å². The first-order chi connectivity index (χ1) is 11.7. The highest BCUT2D eigenvalue weighted by Gasteiger charge is 2.74. The van der Waals surface area contributed by atoms with Gasteiger partial charge in [0, 0.05) is 5.92 Å². The van der Waals surface area contributed by atoms with Crippen LogP contribution < -0.4 is 0 Å². The first-order valence-electron chi connectivity index (χ1n) is 9.89. The minimum absolute atomic E-state index is 0.0165. The number of hydrogen-bond acceptors (Lipinski definition) is 2. The van der Waals surface area contributed by atoms with Crippen LogP contribution in [-0.2, 0) is 9.47 Å². The Kier molecular flexibility index (Phi) is 4.73. The second kappa shape index (κ2) is 6.30. The maximum absolute atomic E-state index is 6.80. The van der Waals surface area contributed by atoms with Gasteiger partial charge in [0.05, 0.1) is 24.2 Å². The lowest BCUT2D eigenvalue weighted by molar-refractivity contribution is -0.0757. The third-order valence-electron chi connectivity index (χ3n) is 7.39. The molecule has 2 fully saturated rings. The molecule has 0 radical (unpaired) electrons. The molecule has 2 bridgehead atoms. The van der Waals surface area contributed by atoms with Crippen LogP contribution in [0.3, 0.4) is 0 Å². The van der Waals surface area contributed by atoms with Crippen molar-refractivity contribution in [2.45, 2.75) is 85.4 Å². The van der Waals surface area contributed by atoms with Gasteiger partial charge in [0.1, 0.15) is 5.76 Å². The lowest BCUT2D eigenvalue weighted by Gasteiger charge is -2.55. The molecule has 25 heavy (non-hydrogen) atoms. The standard InChI is InChI=1S/C23H36O2/c1-16(2)9-8-13-21(5)18-10-11-19(24-7)23(14-12-17(3)4)15-20(21)25-22(18,23)6/h9,11-12,18,20H,8,10,13-15H2,1-7H3/t18-,20-,21+,22+,23-/m1/s1. The van der Waals surface area contributed by atoms with Crippen molar-refractivity contribution < 1.29 is 9.47 Å². The van der Waals surface area contributed by atoms with E-state index in [9.17, 15) is 0 Å². The number of ether oxygens (including phenoxy) is 2. The Bertz CT molecular complexity index is 620. The summed E-state index contributed by atoms with van der Waals surface area (Å²) in [6.07, 6.45) is 13.1. The molecule has 3 aliphatic rings. The summed E-state index contributed by atoms with van der Waals surface area (Å²) < 4.78 is 12.7. The molecule has 0 aromatic carbocycles. The highest BCUT2D eigenvalue weighted by molar-refractivity contribution is 5.33. The molecule has 0 aromatic heterocycles. The average molecular weight is 345 g/mol. The Morgan fingerprint density at radius 1 is 1.20 bits per heavy atom. The van der Waals surface area contributed by atoms with Crippen LogP contribution in [0.15, 0.2) is 35.1 Å². The van der Waals surface area contributed by atoms with Crippen molar-refractivity contribution in [1.82, 2.24) is 0 Å². The Hall–Kier alpha value is -1.02. The molecule has 0 saturated carbocycles. The van der Waals surface area contributed by atoms with Crippen LogP contribution >= 0.6 is 0 Å². The van der Waals surface area contributed by atoms with E-state index in [1.807, 2.05) is 7.11 Å². The van der Waals surface area contributed by atoms with Crippen molar-refractivity contribution in [1.29, 1.82) is 0 Å². The molecular weight excluding hydrogens is 308 g/mol. The maximum Gasteiger partial charge on any atom is 0.101 e. The smallest absolute Gasteiger partial charge is 0.101 e. The van der Waals surface area contributed by atoms with Gasteiger partial charge in [-0.25, -0.2) is 0 Å². The Morgan fingerprint density at radius 3 is 2.48 bits per heavy atom. The van der Waals surface area contributed by atoms with E-state index in [0.717, 1.165) is 31.4 Å². The second-order valence-electron chi connectivity index (χ2n) is 9.37. The van der Waals surface area contributed by atoms with Crippen LogP contribution in [0.2, 0.25) is 0 Å². The van der Waals surface area contributed by atoms with E-state index in [2.05, 4.69) is 59.8 Å². The molecule has 0 aromatic rings. The fraction of sp³-hybridized carbons (Fsp3) is 0.739.